The zero-order chi connectivity index (χ0) is 11.8. The zero-order valence-corrected chi connectivity index (χ0v) is 10.7. The molecule has 0 radical (unpaired) electrons. The van der Waals surface area contributed by atoms with E-state index in [1.54, 1.807) is 16.9 Å². The van der Waals surface area contributed by atoms with Crippen LogP contribution in [0.4, 0.5) is 0 Å². The minimum atomic E-state index is 0.570. The standard InChI is InChI=1S/C12H9BrN4/c1-8-4-2-3-5-9(8)10-11-15-12(13)16-17(11)7-6-14-10/h2-7H,1H3. The van der Waals surface area contributed by atoms with Gasteiger partial charge in [0, 0.05) is 18.0 Å². The maximum absolute atomic E-state index is 4.41. The van der Waals surface area contributed by atoms with Crippen LogP contribution < -0.4 is 0 Å². The summed E-state index contributed by atoms with van der Waals surface area (Å²) in [5, 5.41) is 4.21. The van der Waals surface area contributed by atoms with Crippen LogP contribution in [0.25, 0.3) is 16.9 Å². The van der Waals surface area contributed by atoms with Crippen LogP contribution in [0, 0.1) is 6.92 Å². The van der Waals surface area contributed by atoms with Crippen molar-refractivity contribution in [2.75, 3.05) is 0 Å². The average Bonchev–Trinajstić information content (AvgIpc) is 2.70. The average molecular weight is 289 g/mol. The van der Waals surface area contributed by atoms with Gasteiger partial charge in [0.15, 0.2) is 5.65 Å². The minimum Gasteiger partial charge on any atom is -0.251 e. The fourth-order valence-corrected chi connectivity index (χ4v) is 2.16. The third-order valence-corrected chi connectivity index (χ3v) is 2.96. The van der Waals surface area contributed by atoms with Crippen molar-refractivity contribution in [2.24, 2.45) is 0 Å². The highest BCUT2D eigenvalue weighted by atomic mass is 79.9. The molecule has 0 bridgehead atoms. The van der Waals surface area contributed by atoms with Crippen molar-refractivity contribution in [1.29, 1.82) is 0 Å². The summed E-state index contributed by atoms with van der Waals surface area (Å²) < 4.78 is 2.29. The van der Waals surface area contributed by atoms with Crippen molar-refractivity contribution in [1.82, 2.24) is 19.6 Å². The maximum atomic E-state index is 4.41. The Morgan fingerprint density at radius 1 is 1.24 bits per heavy atom. The van der Waals surface area contributed by atoms with E-state index in [0.29, 0.717) is 4.73 Å². The van der Waals surface area contributed by atoms with Crippen LogP contribution in [-0.4, -0.2) is 19.6 Å². The van der Waals surface area contributed by atoms with Crippen molar-refractivity contribution in [2.45, 2.75) is 6.92 Å². The Balaban J connectivity index is 2.34. The molecule has 17 heavy (non-hydrogen) atoms. The lowest BCUT2D eigenvalue weighted by atomic mass is 10.1. The zero-order valence-electron chi connectivity index (χ0n) is 9.13. The summed E-state index contributed by atoms with van der Waals surface area (Å²) in [6.45, 7) is 2.06. The van der Waals surface area contributed by atoms with Gasteiger partial charge < -0.3 is 0 Å². The van der Waals surface area contributed by atoms with Crippen LogP contribution >= 0.6 is 15.9 Å². The number of hydrogen-bond acceptors (Lipinski definition) is 3. The van der Waals surface area contributed by atoms with Crippen molar-refractivity contribution in [3.63, 3.8) is 0 Å². The van der Waals surface area contributed by atoms with E-state index in [1.807, 2.05) is 18.2 Å². The molecule has 2 aromatic heterocycles. The molecule has 0 aliphatic heterocycles. The quantitative estimate of drug-likeness (QED) is 0.692. The van der Waals surface area contributed by atoms with Gasteiger partial charge in [-0.1, -0.05) is 24.3 Å². The Hall–Kier alpha value is -1.75. The molecule has 0 amide bonds. The first-order valence-corrected chi connectivity index (χ1v) is 5.98. The van der Waals surface area contributed by atoms with E-state index in [0.717, 1.165) is 16.9 Å². The smallest absolute Gasteiger partial charge is 0.218 e. The first-order chi connectivity index (χ1) is 8.25. The molecule has 3 aromatic rings. The molecule has 0 atom stereocenters. The molecule has 2 heterocycles. The molecule has 0 aliphatic rings. The fourth-order valence-electron chi connectivity index (χ4n) is 1.82. The highest BCUT2D eigenvalue weighted by Crippen LogP contribution is 2.24. The molecule has 0 N–H and O–H groups in total. The molecule has 5 heteroatoms. The van der Waals surface area contributed by atoms with Crippen LogP contribution in [0.2, 0.25) is 0 Å². The van der Waals surface area contributed by atoms with E-state index in [2.05, 4.69) is 44.0 Å². The second kappa shape index (κ2) is 3.92. The van der Waals surface area contributed by atoms with Gasteiger partial charge in [-0.25, -0.2) is 4.52 Å². The van der Waals surface area contributed by atoms with Gasteiger partial charge in [-0.2, -0.15) is 4.98 Å². The van der Waals surface area contributed by atoms with Crippen LogP contribution in [0.5, 0.6) is 0 Å². The van der Waals surface area contributed by atoms with Crippen LogP contribution in [0.15, 0.2) is 41.4 Å². The Morgan fingerprint density at radius 3 is 2.88 bits per heavy atom. The molecule has 0 saturated heterocycles. The Morgan fingerprint density at radius 2 is 2.06 bits per heavy atom. The molecule has 1 aromatic carbocycles. The number of nitrogens with zero attached hydrogens (tertiary/aromatic N) is 4. The third kappa shape index (κ3) is 1.72. The molecule has 0 spiro atoms. The minimum absolute atomic E-state index is 0.570. The molecule has 3 rings (SSSR count). The van der Waals surface area contributed by atoms with Crippen LogP contribution in [-0.2, 0) is 0 Å². The summed E-state index contributed by atoms with van der Waals surface area (Å²) >= 11 is 3.28. The second-order valence-corrected chi connectivity index (χ2v) is 4.45. The number of fused-ring (bicyclic) bond motifs is 1. The molecular formula is C12H9BrN4. The highest BCUT2D eigenvalue weighted by Gasteiger charge is 2.10. The number of benzene rings is 1. The number of aromatic nitrogens is 4. The number of hydrogen-bond donors (Lipinski definition) is 0. The molecule has 84 valence electrons. The van der Waals surface area contributed by atoms with Gasteiger partial charge >= 0.3 is 0 Å². The second-order valence-electron chi connectivity index (χ2n) is 3.74. The van der Waals surface area contributed by atoms with E-state index >= 15 is 0 Å². The maximum Gasteiger partial charge on any atom is 0.218 e. The third-order valence-electron chi connectivity index (χ3n) is 2.63. The lowest BCUT2D eigenvalue weighted by molar-refractivity contribution is 0.934. The van der Waals surface area contributed by atoms with Crippen molar-refractivity contribution in [3.8, 4) is 11.3 Å². The molecular weight excluding hydrogens is 280 g/mol. The Bertz CT molecular complexity index is 690. The van der Waals surface area contributed by atoms with Gasteiger partial charge in [0.05, 0.1) is 0 Å². The van der Waals surface area contributed by atoms with Crippen LogP contribution in [0.1, 0.15) is 5.56 Å². The summed E-state index contributed by atoms with van der Waals surface area (Å²) in [6, 6.07) is 8.11. The molecule has 0 aliphatic carbocycles. The molecule has 0 unspecified atom stereocenters. The summed E-state index contributed by atoms with van der Waals surface area (Å²) in [4.78, 5) is 8.74. The molecule has 0 saturated carbocycles. The first kappa shape index (κ1) is 10.4. The predicted octanol–water partition coefficient (Wildman–Crippen LogP) is 2.86. The van der Waals surface area contributed by atoms with Crippen LogP contribution in [0.3, 0.4) is 0 Å². The fraction of sp³-hybridized carbons (Fsp3) is 0.0833. The summed E-state index contributed by atoms with van der Waals surface area (Å²) in [6.07, 6.45) is 3.52. The molecule has 0 fully saturated rings. The van der Waals surface area contributed by atoms with Gasteiger partial charge in [-0.15, -0.1) is 5.10 Å². The largest absolute Gasteiger partial charge is 0.251 e. The van der Waals surface area contributed by atoms with E-state index in [9.17, 15) is 0 Å². The lowest BCUT2D eigenvalue weighted by Gasteiger charge is -2.04. The van der Waals surface area contributed by atoms with Crippen molar-refractivity contribution < 1.29 is 0 Å². The van der Waals surface area contributed by atoms with Crippen molar-refractivity contribution >= 4 is 21.6 Å². The molecule has 4 nitrogen and oxygen atoms in total. The lowest BCUT2D eigenvalue weighted by Crippen LogP contribution is -1.94. The number of rotatable bonds is 1. The summed E-state index contributed by atoms with van der Waals surface area (Å²) in [5.41, 5.74) is 3.86. The van der Waals surface area contributed by atoms with E-state index in [1.165, 1.54) is 5.56 Å². The Kier molecular flexibility index (Phi) is 2.40. The summed E-state index contributed by atoms with van der Waals surface area (Å²) in [7, 11) is 0. The van der Waals surface area contributed by atoms with E-state index in [4.69, 9.17) is 0 Å². The number of aryl methyl sites for hydroxylation is 1. The van der Waals surface area contributed by atoms with E-state index in [-0.39, 0.29) is 0 Å². The monoisotopic (exact) mass is 288 g/mol. The predicted molar refractivity (Wildman–Crippen MR) is 68.7 cm³/mol. The SMILES string of the molecule is Cc1ccccc1-c1nccn2nc(Br)nc12. The van der Waals surface area contributed by atoms with Gasteiger partial charge in [0.25, 0.3) is 0 Å². The highest BCUT2D eigenvalue weighted by molar-refractivity contribution is 9.10. The Labute approximate surface area is 106 Å². The summed E-state index contributed by atoms with van der Waals surface area (Å²) in [5.74, 6) is 0. The van der Waals surface area contributed by atoms with Gasteiger partial charge in [0.1, 0.15) is 5.69 Å². The first-order valence-electron chi connectivity index (χ1n) is 5.18. The topological polar surface area (TPSA) is 43.1 Å². The van der Waals surface area contributed by atoms with Gasteiger partial charge in [-0.05, 0) is 28.4 Å². The van der Waals surface area contributed by atoms with Gasteiger partial charge in [-0.3, -0.25) is 4.98 Å². The normalized spacial score (nSPS) is 10.9. The number of halogens is 1. The van der Waals surface area contributed by atoms with Crippen molar-refractivity contribution in [3.05, 3.63) is 47.0 Å². The van der Waals surface area contributed by atoms with E-state index < -0.39 is 0 Å². The van der Waals surface area contributed by atoms with Gasteiger partial charge in [0.2, 0.25) is 4.73 Å².